The molecule has 0 aliphatic heterocycles. The highest BCUT2D eigenvalue weighted by molar-refractivity contribution is 9.11. The third-order valence-corrected chi connectivity index (χ3v) is 8.17. The van der Waals surface area contributed by atoms with Crippen molar-refractivity contribution in [2.45, 2.75) is 57.0 Å². The number of thiophene rings is 1. The highest BCUT2D eigenvalue weighted by Crippen LogP contribution is 2.36. The predicted octanol–water partition coefficient (Wildman–Crippen LogP) is 3.57. The molecule has 0 bridgehead atoms. The van der Waals surface area contributed by atoms with Crippen molar-refractivity contribution in [3.8, 4) is 0 Å². The maximum Gasteiger partial charge on any atom is 0.245 e. The first-order valence-corrected chi connectivity index (χ1v) is 10.6. The summed E-state index contributed by atoms with van der Waals surface area (Å²) < 4.78 is 28.3. The van der Waals surface area contributed by atoms with E-state index in [0.29, 0.717) is 21.8 Å². The van der Waals surface area contributed by atoms with Gasteiger partial charge >= 0.3 is 0 Å². The van der Waals surface area contributed by atoms with Gasteiger partial charge in [-0.25, -0.2) is 8.42 Å². The van der Waals surface area contributed by atoms with E-state index in [1.165, 1.54) is 11.3 Å². The van der Waals surface area contributed by atoms with E-state index in [1.807, 2.05) is 19.9 Å². The van der Waals surface area contributed by atoms with Gasteiger partial charge in [0.1, 0.15) is 4.90 Å². The average Bonchev–Trinajstić information content (AvgIpc) is 3.07. The molecule has 0 aromatic carbocycles. The molecular formula is C14H23BrN2O2S2. The van der Waals surface area contributed by atoms with Crippen LogP contribution in [-0.2, 0) is 16.6 Å². The lowest BCUT2D eigenvalue weighted by atomic mass is 10.2. The van der Waals surface area contributed by atoms with Crippen LogP contribution in [0.3, 0.4) is 0 Å². The monoisotopic (exact) mass is 394 g/mol. The molecule has 1 saturated carbocycles. The van der Waals surface area contributed by atoms with Crippen molar-refractivity contribution in [2.75, 3.05) is 13.1 Å². The summed E-state index contributed by atoms with van der Waals surface area (Å²) >= 11 is 4.94. The summed E-state index contributed by atoms with van der Waals surface area (Å²) in [6, 6.07) is 1.98. The Bertz CT molecular complexity index is 566. The highest BCUT2D eigenvalue weighted by Gasteiger charge is 2.34. The predicted molar refractivity (Wildman–Crippen MR) is 91.2 cm³/mol. The Kier molecular flexibility index (Phi) is 6.25. The summed E-state index contributed by atoms with van der Waals surface area (Å²) in [6.45, 7) is 6.10. The first-order chi connectivity index (χ1) is 10.0. The quantitative estimate of drug-likeness (QED) is 0.768. The number of halogens is 1. The molecule has 0 atom stereocenters. The van der Waals surface area contributed by atoms with Crippen LogP contribution in [0.5, 0.6) is 0 Å². The van der Waals surface area contributed by atoms with Crippen molar-refractivity contribution < 1.29 is 8.42 Å². The van der Waals surface area contributed by atoms with Crippen LogP contribution in [0, 0.1) is 0 Å². The molecule has 0 unspecified atom stereocenters. The van der Waals surface area contributed by atoms with Crippen molar-refractivity contribution in [1.29, 1.82) is 0 Å². The number of hydrogen-bond donors (Lipinski definition) is 1. The van der Waals surface area contributed by atoms with Gasteiger partial charge in [-0.05, 0) is 41.4 Å². The van der Waals surface area contributed by atoms with Gasteiger partial charge in [0.2, 0.25) is 10.0 Å². The van der Waals surface area contributed by atoms with Crippen molar-refractivity contribution in [1.82, 2.24) is 9.62 Å². The van der Waals surface area contributed by atoms with Gasteiger partial charge in [-0.2, -0.15) is 4.31 Å². The van der Waals surface area contributed by atoms with E-state index in [0.717, 1.165) is 37.1 Å². The largest absolute Gasteiger partial charge is 0.312 e. The molecule has 0 saturated heterocycles. The molecule has 7 heteroatoms. The molecule has 21 heavy (non-hydrogen) atoms. The van der Waals surface area contributed by atoms with Crippen LogP contribution < -0.4 is 5.32 Å². The fourth-order valence-corrected chi connectivity index (χ4v) is 7.15. The first-order valence-electron chi connectivity index (χ1n) is 7.51. The van der Waals surface area contributed by atoms with Crippen molar-refractivity contribution >= 4 is 37.3 Å². The second kappa shape index (κ2) is 7.55. The Morgan fingerprint density at radius 2 is 2.05 bits per heavy atom. The Labute approximate surface area is 140 Å². The minimum atomic E-state index is -3.40. The van der Waals surface area contributed by atoms with Crippen molar-refractivity contribution in [2.24, 2.45) is 0 Å². The molecule has 2 rings (SSSR count). The number of hydrogen-bond acceptors (Lipinski definition) is 4. The summed E-state index contributed by atoms with van der Waals surface area (Å²) in [5.41, 5.74) is 0. The second-order valence-corrected chi connectivity index (χ2v) is 9.59. The summed E-state index contributed by atoms with van der Waals surface area (Å²) in [5.74, 6) is 0. The van der Waals surface area contributed by atoms with E-state index in [1.54, 1.807) is 4.31 Å². The lowest BCUT2D eigenvalue weighted by molar-refractivity contribution is 0.335. The molecule has 0 spiro atoms. The maximum atomic E-state index is 12.9. The Morgan fingerprint density at radius 3 is 2.62 bits per heavy atom. The van der Waals surface area contributed by atoms with Crippen LogP contribution in [0.4, 0.5) is 0 Å². The van der Waals surface area contributed by atoms with Gasteiger partial charge in [-0.1, -0.05) is 26.7 Å². The molecule has 1 aromatic heterocycles. The lowest BCUT2D eigenvalue weighted by Crippen LogP contribution is -2.38. The van der Waals surface area contributed by atoms with Crippen LogP contribution in [0.15, 0.2) is 14.7 Å². The zero-order chi connectivity index (χ0) is 15.5. The van der Waals surface area contributed by atoms with Gasteiger partial charge in [-0.3, -0.25) is 0 Å². The third kappa shape index (κ3) is 3.88. The van der Waals surface area contributed by atoms with Crippen molar-refractivity contribution in [3.05, 3.63) is 14.7 Å². The average molecular weight is 395 g/mol. The minimum Gasteiger partial charge on any atom is -0.312 e. The first kappa shape index (κ1) is 17.4. The zero-order valence-electron chi connectivity index (χ0n) is 12.6. The normalized spacial score (nSPS) is 17.0. The molecule has 1 aliphatic carbocycles. The maximum absolute atomic E-state index is 12.9. The van der Waals surface area contributed by atoms with Crippen LogP contribution in [0.25, 0.3) is 0 Å². The van der Waals surface area contributed by atoms with Gasteiger partial charge in [-0.15, -0.1) is 11.3 Å². The molecule has 120 valence electrons. The van der Waals surface area contributed by atoms with E-state index in [9.17, 15) is 8.42 Å². The van der Waals surface area contributed by atoms with Gasteiger partial charge in [0.25, 0.3) is 0 Å². The lowest BCUT2D eigenvalue weighted by Gasteiger charge is -2.26. The molecule has 0 amide bonds. The smallest absolute Gasteiger partial charge is 0.245 e. The molecule has 1 N–H and O–H groups in total. The molecule has 1 aromatic rings. The molecular weight excluding hydrogens is 372 g/mol. The Hall–Kier alpha value is 0.0500. The molecule has 1 aliphatic rings. The fourth-order valence-electron chi connectivity index (χ4n) is 2.85. The summed E-state index contributed by atoms with van der Waals surface area (Å²) in [7, 11) is -3.40. The van der Waals surface area contributed by atoms with Gasteiger partial charge in [0.05, 0.1) is 3.79 Å². The summed E-state index contributed by atoms with van der Waals surface area (Å²) in [4.78, 5) is 1.47. The number of sulfonamides is 1. The van der Waals surface area contributed by atoms with Gasteiger partial charge in [0.15, 0.2) is 0 Å². The van der Waals surface area contributed by atoms with E-state index in [2.05, 4.69) is 21.2 Å². The summed E-state index contributed by atoms with van der Waals surface area (Å²) in [5, 5.41) is 3.24. The minimum absolute atomic E-state index is 0.170. The Morgan fingerprint density at radius 1 is 1.38 bits per heavy atom. The van der Waals surface area contributed by atoms with E-state index >= 15 is 0 Å². The highest BCUT2D eigenvalue weighted by atomic mass is 79.9. The van der Waals surface area contributed by atoms with E-state index in [-0.39, 0.29) is 6.04 Å². The topological polar surface area (TPSA) is 49.4 Å². The van der Waals surface area contributed by atoms with Crippen LogP contribution in [0.1, 0.15) is 44.4 Å². The number of nitrogens with one attached hydrogen (secondary N) is 1. The van der Waals surface area contributed by atoms with Crippen molar-refractivity contribution in [3.63, 3.8) is 0 Å². The zero-order valence-corrected chi connectivity index (χ0v) is 15.8. The molecule has 4 nitrogen and oxygen atoms in total. The van der Waals surface area contributed by atoms with E-state index in [4.69, 9.17) is 0 Å². The fraction of sp³-hybridized carbons (Fsp3) is 0.714. The second-order valence-electron chi connectivity index (χ2n) is 5.28. The third-order valence-electron chi connectivity index (χ3n) is 3.89. The standard InChI is InChI=1S/C14H23BrN2O2S2/c1-3-16-10-12-9-13(14(15)20-12)21(18,19)17(4-2)11-7-5-6-8-11/h9,11,16H,3-8,10H2,1-2H3. The van der Waals surface area contributed by atoms with Gasteiger partial charge in [0, 0.05) is 24.0 Å². The van der Waals surface area contributed by atoms with Crippen LogP contribution in [-0.4, -0.2) is 31.9 Å². The van der Waals surface area contributed by atoms with E-state index < -0.39 is 10.0 Å². The SMILES string of the molecule is CCNCc1cc(S(=O)(=O)N(CC)C2CCCC2)c(Br)s1. The van der Waals surface area contributed by atoms with Crippen LogP contribution in [0.2, 0.25) is 0 Å². The number of nitrogens with zero attached hydrogens (tertiary/aromatic N) is 1. The van der Waals surface area contributed by atoms with Crippen LogP contribution >= 0.6 is 27.3 Å². The molecule has 1 heterocycles. The molecule has 1 fully saturated rings. The Balaban J connectivity index is 2.27. The molecule has 0 radical (unpaired) electrons. The number of rotatable bonds is 7. The van der Waals surface area contributed by atoms with Gasteiger partial charge < -0.3 is 5.32 Å². The summed E-state index contributed by atoms with van der Waals surface area (Å²) in [6.07, 6.45) is 4.23.